The Kier molecular flexibility index (Phi) is 5.16. The van der Waals surface area contributed by atoms with Crippen LogP contribution in [0, 0.1) is 17.8 Å². The second kappa shape index (κ2) is 7.17. The lowest BCUT2D eigenvalue weighted by molar-refractivity contribution is -0.461. The molecule has 7 heteroatoms. The van der Waals surface area contributed by atoms with Crippen molar-refractivity contribution < 1.29 is 24.0 Å². The molecule has 4 rings (SSSR count). The first-order valence-electron chi connectivity index (χ1n) is 10.5. The number of hydrogen-bond donors (Lipinski definition) is 2. The molecule has 3 saturated carbocycles. The summed E-state index contributed by atoms with van der Waals surface area (Å²) in [6.45, 7) is 6.16. The highest BCUT2D eigenvalue weighted by Crippen LogP contribution is 2.59. The maximum atomic E-state index is 12.1. The minimum atomic E-state index is -0.801. The van der Waals surface area contributed by atoms with Crippen LogP contribution in [0.5, 0.6) is 0 Å². The number of rotatable bonds is 3. The van der Waals surface area contributed by atoms with E-state index in [2.05, 4.69) is 12.2 Å². The van der Waals surface area contributed by atoms with Crippen LogP contribution in [0.1, 0.15) is 65.7 Å². The van der Waals surface area contributed by atoms with Crippen molar-refractivity contribution in [1.82, 2.24) is 5.32 Å². The molecule has 0 aromatic rings. The lowest BCUT2D eigenvalue weighted by Gasteiger charge is -2.59. The molecule has 0 aromatic heterocycles. The topological polar surface area (TPSA) is 92.0 Å². The number of carbonyl (C=O) groups excluding carboxylic acids is 1. The van der Waals surface area contributed by atoms with Crippen molar-refractivity contribution in [3.05, 3.63) is 0 Å². The van der Waals surface area contributed by atoms with Gasteiger partial charge in [-0.2, -0.15) is 0 Å². The van der Waals surface area contributed by atoms with Gasteiger partial charge in [-0.25, -0.2) is 14.6 Å². The number of ether oxygens (including phenoxy) is 2. The quantitative estimate of drug-likeness (QED) is 0.729. The van der Waals surface area contributed by atoms with Gasteiger partial charge in [0.2, 0.25) is 5.79 Å². The molecule has 0 radical (unpaired) electrons. The van der Waals surface area contributed by atoms with Gasteiger partial charge in [-0.15, -0.1) is 0 Å². The third-order valence-electron chi connectivity index (χ3n) is 6.61. The zero-order valence-electron chi connectivity index (χ0n) is 16.7. The first-order chi connectivity index (χ1) is 12.7. The molecule has 0 bridgehead atoms. The summed E-state index contributed by atoms with van der Waals surface area (Å²) in [4.78, 5) is 23.8. The van der Waals surface area contributed by atoms with Crippen LogP contribution in [0.25, 0.3) is 0 Å². The standard InChI is InChI=1S/C20H34N2O5/c1-12-7-13-8-14-9-16(17(13)14)25-20(27-26-12)6-4-5-15(10-20)24-18(23)22-11-19(2,3)21/h12-17H,4-11,21H2,1-3H3,(H,22,23). The Balaban J connectivity index is 1.37. The van der Waals surface area contributed by atoms with Crippen LogP contribution in [0.15, 0.2) is 0 Å². The fourth-order valence-electron chi connectivity index (χ4n) is 5.25. The summed E-state index contributed by atoms with van der Waals surface area (Å²) < 4.78 is 12.1. The van der Waals surface area contributed by atoms with Gasteiger partial charge in [0.1, 0.15) is 6.10 Å². The van der Waals surface area contributed by atoms with Gasteiger partial charge >= 0.3 is 6.09 Å². The molecule has 1 spiro atoms. The van der Waals surface area contributed by atoms with Crippen LogP contribution in [0.2, 0.25) is 0 Å². The number of hydrogen-bond acceptors (Lipinski definition) is 6. The molecule has 4 fully saturated rings. The van der Waals surface area contributed by atoms with E-state index in [4.69, 9.17) is 25.0 Å². The number of carbonyl (C=O) groups is 1. The van der Waals surface area contributed by atoms with Gasteiger partial charge in [0, 0.05) is 24.9 Å². The second-order valence-electron chi connectivity index (χ2n) is 9.83. The maximum Gasteiger partial charge on any atom is 0.407 e. The minimum absolute atomic E-state index is 0.0622. The van der Waals surface area contributed by atoms with Crippen molar-refractivity contribution >= 4 is 6.09 Å². The summed E-state index contributed by atoms with van der Waals surface area (Å²) in [5.41, 5.74) is 5.44. The molecule has 1 heterocycles. The Morgan fingerprint density at radius 2 is 2.07 bits per heavy atom. The Morgan fingerprint density at radius 1 is 1.30 bits per heavy atom. The molecule has 4 aliphatic rings. The fourth-order valence-corrected chi connectivity index (χ4v) is 5.25. The van der Waals surface area contributed by atoms with Crippen molar-refractivity contribution in [2.24, 2.45) is 23.5 Å². The summed E-state index contributed by atoms with van der Waals surface area (Å²) >= 11 is 0. The van der Waals surface area contributed by atoms with Gasteiger partial charge < -0.3 is 20.5 Å². The molecule has 7 unspecified atom stereocenters. The maximum absolute atomic E-state index is 12.1. The summed E-state index contributed by atoms with van der Waals surface area (Å²) in [6.07, 6.45) is 6.07. The number of nitrogens with two attached hydrogens (primary N) is 1. The SMILES string of the molecule is CC1CC2CC3CC(OC4(CCCC(OC(=O)NCC(C)(C)N)C4)OO1)C23. The van der Waals surface area contributed by atoms with Gasteiger partial charge in [-0.05, 0) is 70.6 Å². The summed E-state index contributed by atoms with van der Waals surface area (Å²) in [5, 5.41) is 2.74. The molecule has 154 valence electrons. The molecule has 1 saturated heterocycles. The third-order valence-corrected chi connectivity index (χ3v) is 6.61. The van der Waals surface area contributed by atoms with E-state index in [1.807, 2.05) is 13.8 Å². The van der Waals surface area contributed by atoms with E-state index in [1.54, 1.807) is 0 Å². The Hall–Kier alpha value is -0.890. The average Bonchev–Trinajstić information content (AvgIpc) is 2.57. The number of alkyl carbamates (subject to hydrolysis) is 1. The first-order valence-corrected chi connectivity index (χ1v) is 10.5. The van der Waals surface area contributed by atoms with Crippen LogP contribution < -0.4 is 11.1 Å². The molecule has 3 N–H and O–H groups in total. The van der Waals surface area contributed by atoms with Gasteiger partial charge in [0.25, 0.3) is 0 Å². The molecular formula is C20H34N2O5. The Labute approximate surface area is 161 Å². The highest BCUT2D eigenvalue weighted by molar-refractivity contribution is 5.67. The predicted molar refractivity (Wildman–Crippen MR) is 98.6 cm³/mol. The molecule has 3 aliphatic carbocycles. The highest BCUT2D eigenvalue weighted by atomic mass is 17.2. The fraction of sp³-hybridized carbons (Fsp3) is 0.950. The summed E-state index contributed by atoms with van der Waals surface area (Å²) in [6, 6.07) is 0. The van der Waals surface area contributed by atoms with Crippen molar-refractivity contribution in [1.29, 1.82) is 0 Å². The van der Waals surface area contributed by atoms with Crippen molar-refractivity contribution in [2.45, 2.75) is 95.4 Å². The molecule has 7 atom stereocenters. The van der Waals surface area contributed by atoms with E-state index in [9.17, 15) is 4.79 Å². The normalized spacial score (nSPS) is 44.0. The first kappa shape index (κ1) is 19.4. The van der Waals surface area contributed by atoms with Gasteiger partial charge in [-0.1, -0.05) is 0 Å². The van der Waals surface area contributed by atoms with Crippen molar-refractivity contribution in [3.8, 4) is 0 Å². The number of amides is 1. The highest BCUT2D eigenvalue weighted by Gasteiger charge is 2.58. The van der Waals surface area contributed by atoms with Gasteiger partial charge in [-0.3, -0.25) is 0 Å². The van der Waals surface area contributed by atoms with Crippen LogP contribution in [-0.2, 0) is 19.2 Å². The van der Waals surface area contributed by atoms with Crippen LogP contribution in [0.4, 0.5) is 4.79 Å². The van der Waals surface area contributed by atoms with E-state index in [0.29, 0.717) is 24.8 Å². The molecule has 7 nitrogen and oxygen atoms in total. The van der Waals surface area contributed by atoms with E-state index < -0.39 is 17.4 Å². The molecule has 1 amide bonds. The van der Waals surface area contributed by atoms with E-state index in [-0.39, 0.29) is 18.3 Å². The summed E-state index contributed by atoms with van der Waals surface area (Å²) in [5.74, 6) is 1.38. The van der Waals surface area contributed by atoms with E-state index in [1.165, 1.54) is 6.42 Å². The third kappa shape index (κ3) is 4.26. The molecule has 0 aromatic carbocycles. The molecule has 1 aliphatic heterocycles. The largest absolute Gasteiger partial charge is 0.446 e. The monoisotopic (exact) mass is 382 g/mol. The van der Waals surface area contributed by atoms with Crippen LogP contribution in [-0.4, -0.2) is 42.3 Å². The zero-order valence-corrected chi connectivity index (χ0v) is 16.7. The van der Waals surface area contributed by atoms with E-state index in [0.717, 1.165) is 38.0 Å². The second-order valence-corrected chi connectivity index (χ2v) is 9.83. The van der Waals surface area contributed by atoms with E-state index >= 15 is 0 Å². The molecule has 27 heavy (non-hydrogen) atoms. The van der Waals surface area contributed by atoms with Gasteiger partial charge in [0.15, 0.2) is 0 Å². The van der Waals surface area contributed by atoms with Crippen molar-refractivity contribution in [2.75, 3.05) is 6.54 Å². The Bertz CT molecular complexity index is 565. The smallest absolute Gasteiger partial charge is 0.407 e. The van der Waals surface area contributed by atoms with Gasteiger partial charge in [0.05, 0.1) is 12.2 Å². The lowest BCUT2D eigenvalue weighted by Crippen LogP contribution is -2.59. The predicted octanol–water partition coefficient (Wildman–Crippen LogP) is 2.87. The van der Waals surface area contributed by atoms with Crippen molar-refractivity contribution in [3.63, 3.8) is 0 Å². The average molecular weight is 383 g/mol. The lowest BCUT2D eigenvalue weighted by atomic mass is 9.50. The molecular weight excluding hydrogens is 348 g/mol. The summed E-state index contributed by atoms with van der Waals surface area (Å²) in [7, 11) is 0. The zero-order chi connectivity index (χ0) is 19.2. The van der Waals surface area contributed by atoms with Crippen LogP contribution in [0.3, 0.4) is 0 Å². The number of nitrogens with one attached hydrogen (secondary N) is 1. The minimum Gasteiger partial charge on any atom is -0.446 e. The van der Waals surface area contributed by atoms with Crippen LogP contribution >= 0.6 is 0 Å². The Morgan fingerprint density at radius 3 is 2.81 bits per heavy atom.